The smallest absolute Gasteiger partial charge is 0.119 e. The van der Waals surface area contributed by atoms with Crippen LogP contribution in [0.1, 0.15) is 17.5 Å². The molecule has 0 aliphatic carbocycles. The molecule has 0 saturated carbocycles. The van der Waals surface area contributed by atoms with Gasteiger partial charge in [-0.15, -0.1) is 0 Å². The molecule has 4 nitrogen and oxygen atoms in total. The number of hydrogen-bond acceptors (Lipinski definition) is 4. The van der Waals surface area contributed by atoms with Gasteiger partial charge in [-0.25, -0.2) is 0 Å². The molecule has 0 spiro atoms. The Kier molecular flexibility index (Phi) is 6.91. The fourth-order valence-electron chi connectivity index (χ4n) is 4.60. The summed E-state index contributed by atoms with van der Waals surface area (Å²) in [7, 11) is -1.16. The minimum atomic E-state index is -1.16. The van der Waals surface area contributed by atoms with E-state index in [-0.39, 0.29) is 5.54 Å². The van der Waals surface area contributed by atoms with Crippen LogP contribution in [0.2, 0.25) is 30.7 Å². The van der Waals surface area contributed by atoms with Crippen molar-refractivity contribution in [2.45, 2.75) is 44.6 Å². The van der Waals surface area contributed by atoms with Gasteiger partial charge in [-0.3, -0.25) is 4.98 Å². The zero-order chi connectivity index (χ0) is 22.8. The van der Waals surface area contributed by atoms with Crippen molar-refractivity contribution in [2.24, 2.45) is 0 Å². The quantitative estimate of drug-likeness (QED) is 0.243. The Balaban J connectivity index is 1.76. The molecule has 3 aromatic rings. The molecular formula is C26H34ClN3OSi. The maximum atomic E-state index is 6.58. The molecule has 1 N–H and O–H groups in total. The summed E-state index contributed by atoms with van der Waals surface area (Å²) in [5, 5.41) is 5.57. The molecule has 2 aromatic carbocycles. The first-order valence-corrected chi connectivity index (χ1v) is 15.6. The van der Waals surface area contributed by atoms with Crippen molar-refractivity contribution in [1.82, 2.24) is 10.3 Å². The SMILES string of the molecule is Cc1c(Cl)cccc1C1(N(COCC[Si](C)(C)C)c2ccc3cccnc3c2)CCNC1. The summed E-state index contributed by atoms with van der Waals surface area (Å²) >= 11 is 6.58. The van der Waals surface area contributed by atoms with E-state index in [1.807, 2.05) is 18.3 Å². The Hall–Kier alpha value is -1.92. The molecule has 1 aliphatic rings. The fourth-order valence-corrected chi connectivity index (χ4v) is 5.53. The van der Waals surface area contributed by atoms with Crippen molar-refractivity contribution in [1.29, 1.82) is 0 Å². The van der Waals surface area contributed by atoms with E-state index < -0.39 is 8.07 Å². The first-order valence-electron chi connectivity index (χ1n) is 11.5. The third-order valence-corrected chi connectivity index (χ3v) is 8.65. The van der Waals surface area contributed by atoms with Crippen LogP contribution in [-0.4, -0.2) is 39.5 Å². The van der Waals surface area contributed by atoms with Crippen LogP contribution >= 0.6 is 11.6 Å². The molecular weight excluding hydrogens is 434 g/mol. The number of fused-ring (bicyclic) bond motifs is 1. The van der Waals surface area contributed by atoms with Crippen molar-refractivity contribution in [3.05, 3.63) is 70.9 Å². The number of rotatable bonds is 8. The lowest BCUT2D eigenvalue weighted by atomic mass is 9.84. The van der Waals surface area contributed by atoms with E-state index in [9.17, 15) is 0 Å². The predicted octanol–water partition coefficient (Wildman–Crippen LogP) is 6.20. The number of nitrogens with one attached hydrogen (secondary N) is 1. The summed E-state index contributed by atoms with van der Waals surface area (Å²) in [4.78, 5) is 7.04. The van der Waals surface area contributed by atoms with Gasteiger partial charge in [0.2, 0.25) is 0 Å². The first kappa shape index (κ1) is 23.2. The largest absolute Gasteiger partial charge is 0.361 e. The molecule has 2 heterocycles. The van der Waals surface area contributed by atoms with Crippen molar-refractivity contribution in [3.63, 3.8) is 0 Å². The van der Waals surface area contributed by atoms with Gasteiger partial charge in [0.05, 0.1) is 11.1 Å². The lowest BCUT2D eigenvalue weighted by Crippen LogP contribution is -2.50. The predicted molar refractivity (Wildman–Crippen MR) is 139 cm³/mol. The molecule has 0 bridgehead atoms. The van der Waals surface area contributed by atoms with E-state index in [0.717, 1.165) is 59.3 Å². The van der Waals surface area contributed by atoms with Crippen LogP contribution in [0.3, 0.4) is 0 Å². The normalized spacial score (nSPS) is 18.9. The third-order valence-electron chi connectivity index (χ3n) is 6.54. The molecule has 6 heteroatoms. The molecule has 0 amide bonds. The van der Waals surface area contributed by atoms with Crippen LogP contribution in [0.5, 0.6) is 0 Å². The van der Waals surface area contributed by atoms with Crippen molar-refractivity contribution in [3.8, 4) is 0 Å². The van der Waals surface area contributed by atoms with Gasteiger partial charge < -0.3 is 15.0 Å². The molecule has 4 rings (SSSR count). The number of hydrogen-bond donors (Lipinski definition) is 1. The van der Waals surface area contributed by atoms with Crippen LogP contribution in [-0.2, 0) is 10.3 Å². The van der Waals surface area contributed by atoms with Crippen LogP contribution in [0.4, 0.5) is 5.69 Å². The highest BCUT2D eigenvalue weighted by atomic mass is 35.5. The maximum Gasteiger partial charge on any atom is 0.119 e. The Morgan fingerprint density at radius 2 is 2.00 bits per heavy atom. The number of nitrogens with zero attached hydrogens (tertiary/aromatic N) is 2. The van der Waals surface area contributed by atoms with Gasteiger partial charge in [0.15, 0.2) is 0 Å². The standard InChI is InChI=1S/C26H34ClN3OSi/c1-20-23(8-5-9-24(20)27)26(12-14-28-18-26)30(19-31-15-16-32(2,3)4)22-11-10-21-7-6-13-29-25(21)17-22/h5-11,13,17,28H,12,14-16,18-19H2,1-4H3. The number of pyridine rings is 1. The summed E-state index contributed by atoms with van der Waals surface area (Å²) in [6, 6.07) is 18.1. The van der Waals surface area contributed by atoms with E-state index in [2.05, 4.69) is 78.2 Å². The van der Waals surface area contributed by atoms with Gasteiger partial charge in [-0.2, -0.15) is 0 Å². The summed E-state index contributed by atoms with van der Waals surface area (Å²) in [5.41, 5.74) is 4.32. The Bertz CT molecular complexity index is 1080. The van der Waals surface area contributed by atoms with Crippen LogP contribution in [0.25, 0.3) is 10.9 Å². The molecule has 1 fully saturated rings. The van der Waals surface area contributed by atoms with Gasteiger partial charge in [-0.05, 0) is 61.3 Å². The van der Waals surface area contributed by atoms with Crippen LogP contribution in [0.15, 0.2) is 54.7 Å². The molecule has 1 atom stereocenters. The van der Waals surface area contributed by atoms with Crippen molar-refractivity contribution in [2.75, 3.05) is 31.3 Å². The number of halogens is 1. The van der Waals surface area contributed by atoms with Crippen molar-refractivity contribution < 1.29 is 4.74 Å². The monoisotopic (exact) mass is 467 g/mol. The molecule has 0 radical (unpaired) electrons. The number of anilines is 1. The maximum absolute atomic E-state index is 6.58. The second kappa shape index (κ2) is 9.52. The van der Waals surface area contributed by atoms with Crippen LogP contribution in [0, 0.1) is 6.92 Å². The average Bonchev–Trinajstić information content (AvgIpc) is 3.25. The second-order valence-electron chi connectivity index (χ2n) is 10.0. The summed E-state index contributed by atoms with van der Waals surface area (Å²) in [6.07, 6.45) is 2.85. The van der Waals surface area contributed by atoms with Gasteiger partial charge in [0.1, 0.15) is 6.73 Å². The highest BCUT2D eigenvalue weighted by Crippen LogP contribution is 2.41. The molecule has 1 aliphatic heterocycles. The van der Waals surface area contributed by atoms with Gasteiger partial charge in [0.25, 0.3) is 0 Å². The van der Waals surface area contributed by atoms with E-state index in [1.54, 1.807) is 0 Å². The van der Waals surface area contributed by atoms with Crippen molar-refractivity contribution >= 4 is 36.3 Å². The summed E-state index contributed by atoms with van der Waals surface area (Å²) in [6.45, 7) is 12.4. The zero-order valence-corrected chi connectivity index (χ0v) is 21.4. The second-order valence-corrected chi connectivity index (χ2v) is 16.1. The topological polar surface area (TPSA) is 37.4 Å². The van der Waals surface area contributed by atoms with Gasteiger partial charge >= 0.3 is 0 Å². The van der Waals surface area contributed by atoms with E-state index in [4.69, 9.17) is 16.3 Å². The Labute approximate surface area is 198 Å². The highest BCUT2D eigenvalue weighted by molar-refractivity contribution is 6.76. The minimum absolute atomic E-state index is 0.226. The number of ether oxygens (including phenoxy) is 1. The summed E-state index contributed by atoms with van der Waals surface area (Å²) < 4.78 is 6.35. The van der Waals surface area contributed by atoms with Gasteiger partial charge in [-0.1, -0.05) is 55.5 Å². The van der Waals surface area contributed by atoms with Gasteiger partial charge in [0, 0.05) is 43.5 Å². The molecule has 1 unspecified atom stereocenters. The molecule has 1 saturated heterocycles. The highest BCUT2D eigenvalue weighted by Gasteiger charge is 2.43. The number of aromatic nitrogens is 1. The van der Waals surface area contributed by atoms with Crippen LogP contribution < -0.4 is 10.2 Å². The Morgan fingerprint density at radius 3 is 2.75 bits per heavy atom. The number of benzene rings is 2. The molecule has 170 valence electrons. The zero-order valence-electron chi connectivity index (χ0n) is 19.6. The van der Waals surface area contributed by atoms with E-state index in [1.165, 1.54) is 5.56 Å². The third kappa shape index (κ3) is 4.86. The Morgan fingerprint density at radius 1 is 1.16 bits per heavy atom. The minimum Gasteiger partial charge on any atom is -0.361 e. The van der Waals surface area contributed by atoms with E-state index >= 15 is 0 Å². The first-order chi connectivity index (χ1) is 15.3. The molecule has 32 heavy (non-hydrogen) atoms. The van der Waals surface area contributed by atoms with E-state index in [0.29, 0.717) is 6.73 Å². The lowest BCUT2D eigenvalue weighted by Gasteiger charge is -2.43. The lowest BCUT2D eigenvalue weighted by molar-refractivity contribution is 0.128. The fraction of sp³-hybridized carbons (Fsp3) is 0.423. The summed E-state index contributed by atoms with van der Waals surface area (Å²) in [5.74, 6) is 0. The molecule has 1 aromatic heterocycles. The average molecular weight is 468 g/mol.